The molecule has 9 heteroatoms. The second-order valence-electron chi connectivity index (χ2n) is 7.62. The Bertz CT molecular complexity index is 1240. The fraction of sp³-hybridized carbons (Fsp3) is 0.348. The highest BCUT2D eigenvalue weighted by Crippen LogP contribution is 2.29. The minimum absolute atomic E-state index is 0.00598. The lowest BCUT2D eigenvalue weighted by Crippen LogP contribution is -2.23. The van der Waals surface area contributed by atoms with Gasteiger partial charge in [-0.15, -0.1) is 0 Å². The summed E-state index contributed by atoms with van der Waals surface area (Å²) in [5.74, 6) is 0.736. The van der Waals surface area contributed by atoms with Gasteiger partial charge in [0, 0.05) is 22.0 Å². The van der Waals surface area contributed by atoms with E-state index in [9.17, 15) is 14.9 Å². The van der Waals surface area contributed by atoms with Crippen LogP contribution in [-0.2, 0) is 0 Å². The summed E-state index contributed by atoms with van der Waals surface area (Å²) in [4.78, 5) is 28.9. The molecule has 1 aromatic heterocycles. The van der Waals surface area contributed by atoms with Gasteiger partial charge in [-0.05, 0) is 50.1 Å². The molecule has 0 fully saturated rings. The number of ether oxygens (including phenoxy) is 1. The van der Waals surface area contributed by atoms with Crippen molar-refractivity contribution in [2.24, 2.45) is 5.10 Å². The zero-order valence-corrected chi connectivity index (χ0v) is 20.0. The first-order valence-corrected chi connectivity index (χ1v) is 11.3. The van der Waals surface area contributed by atoms with Crippen LogP contribution in [0.15, 0.2) is 50.8 Å². The third-order valence-electron chi connectivity index (χ3n) is 5.29. The lowest BCUT2D eigenvalue weighted by molar-refractivity contribution is -0.386. The van der Waals surface area contributed by atoms with E-state index >= 15 is 0 Å². The summed E-state index contributed by atoms with van der Waals surface area (Å²) in [6, 6.07) is 9.96. The van der Waals surface area contributed by atoms with Gasteiger partial charge in [0.2, 0.25) is 0 Å². The Balaban J connectivity index is 2.09. The Morgan fingerprint density at radius 1 is 1.22 bits per heavy atom. The van der Waals surface area contributed by atoms with Gasteiger partial charge in [0.15, 0.2) is 5.75 Å². The molecule has 2 atom stereocenters. The van der Waals surface area contributed by atoms with Crippen molar-refractivity contribution in [2.45, 2.75) is 52.6 Å². The number of hydrogen-bond acceptors (Lipinski definition) is 6. The number of halogens is 1. The first-order valence-electron chi connectivity index (χ1n) is 10.5. The zero-order chi connectivity index (χ0) is 23.4. The van der Waals surface area contributed by atoms with Crippen molar-refractivity contribution >= 4 is 38.7 Å². The topological polar surface area (TPSA) is 99.6 Å². The summed E-state index contributed by atoms with van der Waals surface area (Å²) < 4.78 is 7.70. The molecule has 0 bridgehead atoms. The molecule has 0 N–H and O–H groups in total. The van der Waals surface area contributed by atoms with E-state index in [1.165, 1.54) is 17.0 Å². The van der Waals surface area contributed by atoms with Crippen LogP contribution in [0, 0.1) is 10.1 Å². The van der Waals surface area contributed by atoms with E-state index in [2.05, 4.69) is 26.0 Å². The molecule has 0 aliphatic carbocycles. The highest BCUT2D eigenvalue weighted by molar-refractivity contribution is 9.10. The van der Waals surface area contributed by atoms with E-state index in [4.69, 9.17) is 4.74 Å². The minimum Gasteiger partial charge on any atom is -0.484 e. The maximum absolute atomic E-state index is 13.2. The van der Waals surface area contributed by atoms with Gasteiger partial charge in [0.05, 0.1) is 28.1 Å². The number of fused-ring (bicyclic) bond motifs is 1. The number of nitro groups is 1. The number of nitrogens with zero attached hydrogens (tertiary/aromatic N) is 4. The lowest BCUT2D eigenvalue weighted by Gasteiger charge is -2.14. The highest BCUT2D eigenvalue weighted by Gasteiger charge is 2.18. The summed E-state index contributed by atoms with van der Waals surface area (Å²) in [5.41, 5.74) is 0.630. The fourth-order valence-corrected chi connectivity index (χ4v) is 3.42. The molecule has 0 amide bonds. The molecule has 168 valence electrons. The largest absolute Gasteiger partial charge is 0.484 e. The van der Waals surface area contributed by atoms with Crippen LogP contribution in [0.25, 0.3) is 10.9 Å². The molecule has 8 nitrogen and oxygen atoms in total. The van der Waals surface area contributed by atoms with E-state index in [1.807, 2.05) is 33.8 Å². The lowest BCUT2D eigenvalue weighted by atomic mass is 10.1. The molecule has 3 rings (SSSR count). The maximum Gasteiger partial charge on any atom is 0.311 e. The van der Waals surface area contributed by atoms with Crippen molar-refractivity contribution in [3.05, 3.63) is 72.7 Å². The van der Waals surface area contributed by atoms with Crippen molar-refractivity contribution in [1.82, 2.24) is 9.66 Å². The second-order valence-corrected chi connectivity index (χ2v) is 8.54. The van der Waals surface area contributed by atoms with Crippen LogP contribution in [0.3, 0.4) is 0 Å². The van der Waals surface area contributed by atoms with E-state index in [1.54, 1.807) is 24.3 Å². The monoisotopic (exact) mass is 500 g/mol. The molecule has 2 aromatic carbocycles. The summed E-state index contributed by atoms with van der Waals surface area (Å²) in [5, 5.41) is 16.4. The van der Waals surface area contributed by atoms with Crippen molar-refractivity contribution in [3.8, 4) is 5.75 Å². The highest BCUT2D eigenvalue weighted by atomic mass is 79.9. The average molecular weight is 501 g/mol. The minimum atomic E-state index is -0.485. The second kappa shape index (κ2) is 10.0. The molecule has 0 saturated heterocycles. The normalized spacial score (nSPS) is 13.4. The third-order valence-corrected chi connectivity index (χ3v) is 5.78. The molecular weight excluding hydrogens is 476 g/mol. The van der Waals surface area contributed by atoms with Crippen molar-refractivity contribution in [3.63, 3.8) is 0 Å². The van der Waals surface area contributed by atoms with Crippen LogP contribution in [0.5, 0.6) is 5.75 Å². The number of rotatable bonds is 8. The Hall–Kier alpha value is -3.07. The first kappa shape index (κ1) is 23.6. The molecule has 0 radical (unpaired) electrons. The zero-order valence-electron chi connectivity index (χ0n) is 18.4. The molecule has 0 unspecified atom stereocenters. The molecular formula is C23H25BrN4O4. The predicted octanol–water partition coefficient (Wildman–Crippen LogP) is 5.64. The Morgan fingerprint density at radius 2 is 1.97 bits per heavy atom. The van der Waals surface area contributed by atoms with Crippen LogP contribution in [0.1, 0.15) is 57.8 Å². The van der Waals surface area contributed by atoms with Gasteiger partial charge < -0.3 is 4.74 Å². The van der Waals surface area contributed by atoms with Crippen LogP contribution in [0.2, 0.25) is 0 Å². The van der Waals surface area contributed by atoms with Crippen molar-refractivity contribution < 1.29 is 9.66 Å². The van der Waals surface area contributed by atoms with Gasteiger partial charge >= 0.3 is 5.69 Å². The molecule has 0 saturated carbocycles. The number of aromatic nitrogens is 2. The quantitative estimate of drug-likeness (QED) is 0.226. The molecule has 3 aromatic rings. The standard InChI is InChI=1S/C23H25BrN4O4/c1-5-14(3)22-26-19-9-8-17(24)12-18(19)23(29)27(22)25-13-16-7-10-21(32-15(4)6-2)20(11-16)28(30)31/h7-15H,5-6H2,1-4H3/t14-,15+/m0/s1. The maximum atomic E-state index is 13.2. The van der Waals surface area contributed by atoms with Crippen LogP contribution in [0.4, 0.5) is 5.69 Å². The first-order chi connectivity index (χ1) is 15.2. The van der Waals surface area contributed by atoms with Gasteiger partial charge in [-0.1, -0.05) is 36.7 Å². The number of benzene rings is 2. The van der Waals surface area contributed by atoms with Gasteiger partial charge in [0.25, 0.3) is 5.56 Å². The van der Waals surface area contributed by atoms with Gasteiger partial charge in [0.1, 0.15) is 5.82 Å². The summed E-state index contributed by atoms with van der Waals surface area (Å²) in [7, 11) is 0. The molecule has 0 aliphatic rings. The van der Waals surface area contributed by atoms with Crippen molar-refractivity contribution in [2.75, 3.05) is 0 Å². The number of nitro benzene ring substituents is 1. The van der Waals surface area contributed by atoms with E-state index < -0.39 is 4.92 Å². The van der Waals surface area contributed by atoms with E-state index in [0.29, 0.717) is 22.3 Å². The Kier molecular flexibility index (Phi) is 7.40. The molecule has 32 heavy (non-hydrogen) atoms. The Labute approximate surface area is 194 Å². The van der Waals surface area contributed by atoms with Crippen LogP contribution in [-0.4, -0.2) is 26.9 Å². The fourth-order valence-electron chi connectivity index (χ4n) is 3.06. The summed E-state index contributed by atoms with van der Waals surface area (Å²) in [6.07, 6.45) is 2.79. The molecule has 1 heterocycles. The van der Waals surface area contributed by atoms with Gasteiger partial charge in [-0.25, -0.2) is 4.98 Å². The SMILES string of the molecule is CC[C@@H](C)Oc1ccc(C=Nn2c([C@@H](C)CC)nc3ccc(Br)cc3c2=O)cc1[N+](=O)[O-]. The molecule has 0 spiro atoms. The van der Waals surface area contributed by atoms with Crippen molar-refractivity contribution in [1.29, 1.82) is 0 Å². The number of hydrogen-bond donors (Lipinski definition) is 0. The van der Waals surface area contributed by atoms with E-state index in [0.717, 1.165) is 17.3 Å². The third kappa shape index (κ3) is 5.04. The van der Waals surface area contributed by atoms with Crippen LogP contribution < -0.4 is 10.3 Å². The Morgan fingerprint density at radius 3 is 2.62 bits per heavy atom. The van der Waals surface area contributed by atoms with E-state index in [-0.39, 0.29) is 29.0 Å². The predicted molar refractivity (Wildman–Crippen MR) is 129 cm³/mol. The summed E-state index contributed by atoms with van der Waals surface area (Å²) >= 11 is 3.39. The van der Waals surface area contributed by atoms with Gasteiger partial charge in [-0.2, -0.15) is 9.78 Å². The smallest absolute Gasteiger partial charge is 0.311 e. The molecule has 0 aliphatic heterocycles. The summed E-state index contributed by atoms with van der Waals surface area (Å²) in [6.45, 7) is 7.79. The van der Waals surface area contributed by atoms with Crippen LogP contribution >= 0.6 is 15.9 Å². The average Bonchev–Trinajstić information content (AvgIpc) is 2.78. The van der Waals surface area contributed by atoms with Gasteiger partial charge in [-0.3, -0.25) is 14.9 Å².